The van der Waals surface area contributed by atoms with Crippen LogP contribution >= 0.6 is 0 Å². The van der Waals surface area contributed by atoms with Crippen molar-refractivity contribution in [3.8, 4) is 5.75 Å². The van der Waals surface area contributed by atoms with E-state index in [0.29, 0.717) is 22.7 Å². The zero-order chi connectivity index (χ0) is 22.6. The monoisotopic (exact) mass is 438 g/mol. The lowest BCUT2D eigenvalue weighted by Crippen LogP contribution is -2.14. The van der Waals surface area contributed by atoms with Crippen LogP contribution in [0.4, 0.5) is 11.4 Å². The van der Waals surface area contributed by atoms with Crippen LogP contribution in [-0.4, -0.2) is 20.4 Å². The van der Waals surface area contributed by atoms with Crippen LogP contribution in [-0.2, 0) is 10.0 Å². The summed E-state index contributed by atoms with van der Waals surface area (Å²) in [6.07, 6.45) is 0.00475. The van der Waals surface area contributed by atoms with Gasteiger partial charge in [0.25, 0.3) is 15.9 Å². The molecular weight excluding hydrogens is 412 g/mol. The normalized spacial score (nSPS) is 11.3. The second-order valence-electron chi connectivity index (χ2n) is 7.65. The van der Waals surface area contributed by atoms with Crippen molar-refractivity contribution in [2.75, 3.05) is 10.0 Å². The summed E-state index contributed by atoms with van der Waals surface area (Å²) in [4.78, 5) is 12.6. The van der Waals surface area contributed by atoms with E-state index in [2.05, 4.69) is 10.0 Å². The third-order valence-electron chi connectivity index (χ3n) is 4.36. The highest BCUT2D eigenvalue weighted by atomic mass is 32.2. The van der Waals surface area contributed by atoms with Gasteiger partial charge in [-0.05, 0) is 93.4 Å². The number of hydrogen-bond donors (Lipinski definition) is 2. The van der Waals surface area contributed by atoms with Gasteiger partial charge in [-0.1, -0.05) is 12.1 Å². The van der Waals surface area contributed by atoms with E-state index in [1.54, 1.807) is 48.5 Å². The molecule has 0 unspecified atom stereocenters. The van der Waals surface area contributed by atoms with Crippen molar-refractivity contribution < 1.29 is 17.9 Å². The van der Waals surface area contributed by atoms with Gasteiger partial charge in [-0.15, -0.1) is 0 Å². The number of sulfonamides is 1. The van der Waals surface area contributed by atoms with Gasteiger partial charge in [-0.25, -0.2) is 8.42 Å². The highest BCUT2D eigenvalue weighted by Gasteiger charge is 2.15. The molecule has 0 fully saturated rings. The molecule has 0 heterocycles. The summed E-state index contributed by atoms with van der Waals surface area (Å²) in [6.45, 7) is 7.65. The standard InChI is InChI=1S/C24H26N2O4S/c1-16(2)30-22-7-5-6-19(15-22)24(27)25-20-8-10-23(11-9-20)31(28,29)26-21-13-17(3)12-18(4)14-21/h5-16,26H,1-4H3,(H,25,27). The Morgan fingerprint density at radius 1 is 0.871 bits per heavy atom. The van der Waals surface area contributed by atoms with E-state index in [0.717, 1.165) is 11.1 Å². The lowest BCUT2D eigenvalue weighted by molar-refractivity contribution is 0.102. The third kappa shape index (κ3) is 6.08. The number of rotatable bonds is 7. The Morgan fingerprint density at radius 3 is 2.13 bits per heavy atom. The maximum Gasteiger partial charge on any atom is 0.261 e. The van der Waals surface area contributed by atoms with Gasteiger partial charge in [-0.3, -0.25) is 9.52 Å². The van der Waals surface area contributed by atoms with Crippen molar-refractivity contribution in [1.29, 1.82) is 0 Å². The molecule has 3 aromatic carbocycles. The number of carbonyl (C=O) groups excluding carboxylic acids is 1. The van der Waals surface area contributed by atoms with Crippen LogP contribution in [0.5, 0.6) is 5.75 Å². The molecule has 0 radical (unpaired) electrons. The van der Waals surface area contributed by atoms with Gasteiger partial charge in [-0.2, -0.15) is 0 Å². The molecule has 3 rings (SSSR count). The number of aryl methyl sites for hydroxylation is 2. The molecule has 0 bridgehead atoms. The SMILES string of the molecule is Cc1cc(C)cc(NS(=O)(=O)c2ccc(NC(=O)c3cccc(OC(C)C)c3)cc2)c1. The minimum Gasteiger partial charge on any atom is -0.491 e. The third-order valence-corrected chi connectivity index (χ3v) is 5.76. The summed E-state index contributed by atoms with van der Waals surface area (Å²) < 4.78 is 33.6. The summed E-state index contributed by atoms with van der Waals surface area (Å²) in [7, 11) is -3.74. The smallest absolute Gasteiger partial charge is 0.261 e. The van der Waals surface area contributed by atoms with Crippen LogP contribution < -0.4 is 14.8 Å². The summed E-state index contributed by atoms with van der Waals surface area (Å²) in [5, 5.41) is 2.77. The first-order valence-electron chi connectivity index (χ1n) is 9.92. The molecular formula is C24H26N2O4S. The first kappa shape index (κ1) is 22.4. The molecule has 0 saturated carbocycles. The van der Waals surface area contributed by atoms with E-state index in [4.69, 9.17) is 4.74 Å². The zero-order valence-electron chi connectivity index (χ0n) is 18.0. The first-order chi connectivity index (χ1) is 14.6. The second-order valence-corrected chi connectivity index (χ2v) is 9.34. The average molecular weight is 439 g/mol. The van der Waals surface area contributed by atoms with E-state index in [1.807, 2.05) is 33.8 Å². The molecule has 0 saturated heterocycles. The molecule has 0 aliphatic carbocycles. The Hall–Kier alpha value is -3.32. The minimum atomic E-state index is -3.74. The van der Waals surface area contributed by atoms with Crippen molar-refractivity contribution >= 4 is 27.3 Å². The molecule has 0 spiro atoms. The van der Waals surface area contributed by atoms with Crippen LogP contribution in [0, 0.1) is 13.8 Å². The van der Waals surface area contributed by atoms with E-state index in [9.17, 15) is 13.2 Å². The number of anilines is 2. The van der Waals surface area contributed by atoms with Gasteiger partial charge in [0, 0.05) is 16.9 Å². The highest BCUT2D eigenvalue weighted by Crippen LogP contribution is 2.21. The molecule has 6 nitrogen and oxygen atoms in total. The second kappa shape index (κ2) is 9.22. The molecule has 0 aromatic heterocycles. The first-order valence-corrected chi connectivity index (χ1v) is 11.4. The Balaban J connectivity index is 1.71. The Bertz CT molecular complexity index is 1170. The minimum absolute atomic E-state index is 0.00475. The zero-order valence-corrected chi connectivity index (χ0v) is 18.8. The van der Waals surface area contributed by atoms with Crippen LogP contribution in [0.3, 0.4) is 0 Å². The van der Waals surface area contributed by atoms with E-state index >= 15 is 0 Å². The van der Waals surface area contributed by atoms with Crippen molar-refractivity contribution in [3.63, 3.8) is 0 Å². The Kier molecular flexibility index (Phi) is 6.65. The Morgan fingerprint density at radius 2 is 1.52 bits per heavy atom. The molecule has 162 valence electrons. The maximum atomic E-state index is 12.7. The summed E-state index contributed by atoms with van der Waals surface area (Å²) in [5.41, 5.74) is 3.40. The fourth-order valence-corrected chi connectivity index (χ4v) is 4.19. The van der Waals surface area contributed by atoms with Crippen LogP contribution in [0.2, 0.25) is 0 Å². The largest absolute Gasteiger partial charge is 0.491 e. The number of benzene rings is 3. The molecule has 3 aromatic rings. The summed E-state index contributed by atoms with van der Waals surface area (Å²) >= 11 is 0. The lowest BCUT2D eigenvalue weighted by atomic mass is 10.1. The van der Waals surface area contributed by atoms with Crippen molar-refractivity contribution in [3.05, 3.63) is 83.4 Å². The number of carbonyl (C=O) groups is 1. The number of amides is 1. The topological polar surface area (TPSA) is 84.5 Å². The van der Waals surface area contributed by atoms with Crippen LogP contribution in [0.15, 0.2) is 71.6 Å². The van der Waals surface area contributed by atoms with Crippen LogP contribution in [0.1, 0.15) is 35.3 Å². The molecule has 7 heteroatoms. The fraction of sp³-hybridized carbons (Fsp3) is 0.208. The van der Waals surface area contributed by atoms with Gasteiger partial charge in [0.15, 0.2) is 0 Å². The van der Waals surface area contributed by atoms with E-state index in [1.165, 1.54) is 12.1 Å². The average Bonchev–Trinajstić information content (AvgIpc) is 2.67. The van der Waals surface area contributed by atoms with Gasteiger partial charge in [0.1, 0.15) is 5.75 Å². The molecule has 1 amide bonds. The predicted molar refractivity (Wildman–Crippen MR) is 123 cm³/mol. The van der Waals surface area contributed by atoms with Crippen LogP contribution in [0.25, 0.3) is 0 Å². The van der Waals surface area contributed by atoms with Gasteiger partial charge in [0.05, 0.1) is 11.0 Å². The lowest BCUT2D eigenvalue weighted by Gasteiger charge is -2.12. The molecule has 2 N–H and O–H groups in total. The fourth-order valence-electron chi connectivity index (χ4n) is 3.15. The molecule has 0 aliphatic rings. The number of ether oxygens (including phenoxy) is 1. The quantitative estimate of drug-likeness (QED) is 0.535. The predicted octanol–water partition coefficient (Wildman–Crippen LogP) is 5.14. The molecule has 31 heavy (non-hydrogen) atoms. The molecule has 0 aliphatic heterocycles. The van der Waals surface area contributed by atoms with Gasteiger partial charge < -0.3 is 10.1 Å². The van der Waals surface area contributed by atoms with E-state index in [-0.39, 0.29) is 16.9 Å². The number of hydrogen-bond acceptors (Lipinski definition) is 4. The highest BCUT2D eigenvalue weighted by molar-refractivity contribution is 7.92. The van der Waals surface area contributed by atoms with Gasteiger partial charge in [0.2, 0.25) is 0 Å². The maximum absolute atomic E-state index is 12.7. The summed E-state index contributed by atoms with van der Waals surface area (Å²) in [5.74, 6) is 0.305. The van der Waals surface area contributed by atoms with E-state index < -0.39 is 10.0 Å². The van der Waals surface area contributed by atoms with Crippen molar-refractivity contribution in [2.24, 2.45) is 0 Å². The van der Waals surface area contributed by atoms with Gasteiger partial charge >= 0.3 is 0 Å². The van der Waals surface area contributed by atoms with Crippen molar-refractivity contribution in [1.82, 2.24) is 0 Å². The van der Waals surface area contributed by atoms with Crippen molar-refractivity contribution in [2.45, 2.75) is 38.7 Å². The molecule has 0 atom stereocenters. The Labute approximate surface area is 183 Å². The number of nitrogens with one attached hydrogen (secondary N) is 2. The summed E-state index contributed by atoms with van der Waals surface area (Å²) in [6, 6.07) is 18.5.